The molecule has 0 radical (unpaired) electrons. The van der Waals surface area contributed by atoms with Crippen LogP contribution in [0.25, 0.3) is 10.9 Å². The molecular formula is C21H19F2NO5. The lowest BCUT2D eigenvalue weighted by Crippen LogP contribution is -2.25. The van der Waals surface area contributed by atoms with Crippen molar-refractivity contribution < 1.29 is 32.6 Å². The van der Waals surface area contributed by atoms with Gasteiger partial charge in [0.05, 0.1) is 12.7 Å². The molecule has 8 heteroatoms. The average Bonchev–Trinajstić information content (AvgIpc) is 3.02. The SMILES string of the molecule is COc1cc(C(=O)O[C@@H](C)C(=O)c2c(C)[nH]c3ccccc23)ccc1OC(F)F. The second kappa shape index (κ2) is 8.30. The van der Waals surface area contributed by atoms with Gasteiger partial charge < -0.3 is 19.2 Å². The number of esters is 1. The highest BCUT2D eigenvalue weighted by Crippen LogP contribution is 2.30. The molecule has 0 saturated heterocycles. The topological polar surface area (TPSA) is 77.6 Å². The molecule has 2 aromatic carbocycles. The van der Waals surface area contributed by atoms with Crippen LogP contribution >= 0.6 is 0 Å². The molecule has 0 fully saturated rings. The minimum Gasteiger partial charge on any atom is -0.493 e. The number of aryl methyl sites for hydroxylation is 1. The Bertz CT molecular complexity index is 1060. The highest BCUT2D eigenvalue weighted by molar-refractivity contribution is 6.11. The van der Waals surface area contributed by atoms with E-state index in [0.717, 1.165) is 10.9 Å². The van der Waals surface area contributed by atoms with Crippen LogP contribution in [0.3, 0.4) is 0 Å². The quantitative estimate of drug-likeness (QED) is 0.464. The molecule has 3 rings (SSSR count). The molecule has 0 amide bonds. The van der Waals surface area contributed by atoms with Gasteiger partial charge in [0, 0.05) is 22.2 Å². The molecule has 6 nitrogen and oxygen atoms in total. The summed E-state index contributed by atoms with van der Waals surface area (Å²) in [5, 5.41) is 0.744. The average molecular weight is 403 g/mol. The number of methoxy groups -OCH3 is 1. The number of hydrogen-bond acceptors (Lipinski definition) is 5. The van der Waals surface area contributed by atoms with Crippen molar-refractivity contribution in [2.45, 2.75) is 26.6 Å². The summed E-state index contributed by atoms with van der Waals surface area (Å²) < 4.78 is 39.5. The molecule has 1 heterocycles. The number of aromatic nitrogens is 1. The van der Waals surface area contributed by atoms with Crippen molar-refractivity contribution in [1.82, 2.24) is 4.98 Å². The van der Waals surface area contributed by atoms with E-state index in [9.17, 15) is 18.4 Å². The van der Waals surface area contributed by atoms with Gasteiger partial charge in [0.2, 0.25) is 5.78 Å². The number of H-pyrrole nitrogens is 1. The molecule has 152 valence electrons. The first-order valence-electron chi connectivity index (χ1n) is 8.77. The summed E-state index contributed by atoms with van der Waals surface area (Å²) in [6.45, 7) is 0.222. The van der Waals surface area contributed by atoms with Crippen molar-refractivity contribution in [2.24, 2.45) is 0 Å². The van der Waals surface area contributed by atoms with Crippen molar-refractivity contribution >= 4 is 22.7 Å². The van der Waals surface area contributed by atoms with E-state index in [0.29, 0.717) is 11.3 Å². The second-order valence-electron chi connectivity index (χ2n) is 6.33. The monoisotopic (exact) mass is 403 g/mol. The number of rotatable bonds is 7. The Hall–Kier alpha value is -3.42. The van der Waals surface area contributed by atoms with Crippen LogP contribution in [0.2, 0.25) is 0 Å². The maximum atomic E-state index is 12.9. The molecule has 0 aliphatic rings. The summed E-state index contributed by atoms with van der Waals surface area (Å²) >= 11 is 0. The number of halogens is 2. The third-order valence-corrected chi connectivity index (χ3v) is 4.41. The van der Waals surface area contributed by atoms with Gasteiger partial charge in [0.15, 0.2) is 17.6 Å². The lowest BCUT2D eigenvalue weighted by Gasteiger charge is -2.14. The minimum atomic E-state index is -3.03. The first-order valence-corrected chi connectivity index (χ1v) is 8.77. The summed E-state index contributed by atoms with van der Waals surface area (Å²) in [5.41, 5.74) is 1.98. The van der Waals surface area contributed by atoms with E-state index in [1.54, 1.807) is 6.92 Å². The third-order valence-electron chi connectivity index (χ3n) is 4.41. The maximum Gasteiger partial charge on any atom is 0.387 e. The fourth-order valence-corrected chi connectivity index (χ4v) is 3.07. The smallest absolute Gasteiger partial charge is 0.387 e. The number of nitrogens with one attached hydrogen (secondary N) is 1. The Morgan fingerprint density at radius 1 is 1.07 bits per heavy atom. The van der Waals surface area contributed by atoms with Crippen molar-refractivity contribution in [3.8, 4) is 11.5 Å². The number of alkyl halides is 2. The first kappa shape index (κ1) is 20.3. The van der Waals surface area contributed by atoms with Gasteiger partial charge in [0.1, 0.15) is 0 Å². The summed E-state index contributed by atoms with van der Waals surface area (Å²) in [7, 11) is 1.26. The number of benzene rings is 2. The van der Waals surface area contributed by atoms with Crippen LogP contribution in [-0.2, 0) is 4.74 Å². The minimum absolute atomic E-state index is 0.0405. The number of ketones is 1. The molecule has 1 N–H and O–H groups in total. The predicted molar refractivity (Wildman–Crippen MR) is 102 cm³/mol. The van der Waals surface area contributed by atoms with Gasteiger partial charge >= 0.3 is 12.6 Å². The molecular weight excluding hydrogens is 384 g/mol. The van der Waals surface area contributed by atoms with Crippen molar-refractivity contribution in [3.05, 3.63) is 59.3 Å². The van der Waals surface area contributed by atoms with Crippen LogP contribution in [0.1, 0.15) is 33.3 Å². The van der Waals surface area contributed by atoms with E-state index in [1.807, 2.05) is 24.3 Å². The summed E-state index contributed by atoms with van der Waals surface area (Å²) in [4.78, 5) is 28.5. The molecule has 29 heavy (non-hydrogen) atoms. The molecule has 1 atom stereocenters. The Morgan fingerprint density at radius 2 is 1.79 bits per heavy atom. The van der Waals surface area contributed by atoms with E-state index in [-0.39, 0.29) is 22.8 Å². The number of carbonyl (C=O) groups excluding carboxylic acids is 2. The van der Waals surface area contributed by atoms with Crippen LogP contribution in [0.5, 0.6) is 11.5 Å². The fourth-order valence-electron chi connectivity index (χ4n) is 3.07. The fraction of sp³-hybridized carbons (Fsp3) is 0.238. The van der Waals surface area contributed by atoms with Crippen molar-refractivity contribution in [1.29, 1.82) is 0 Å². The van der Waals surface area contributed by atoms with E-state index < -0.39 is 18.7 Å². The van der Waals surface area contributed by atoms with E-state index in [1.165, 1.54) is 32.2 Å². The van der Waals surface area contributed by atoms with Gasteiger partial charge in [-0.15, -0.1) is 0 Å². The standard InChI is InChI=1S/C21H19F2NO5/c1-11-18(14-6-4-5-7-15(14)24-11)19(25)12(2)28-20(26)13-8-9-16(29-21(22)23)17(10-13)27-3/h4-10,12,21,24H,1-3H3/t12-/m0/s1. The zero-order valence-electron chi connectivity index (χ0n) is 16.0. The number of aromatic amines is 1. The van der Waals surface area contributed by atoms with E-state index in [2.05, 4.69) is 9.72 Å². The number of hydrogen-bond donors (Lipinski definition) is 1. The van der Waals surface area contributed by atoms with Crippen LogP contribution in [0, 0.1) is 6.92 Å². The Morgan fingerprint density at radius 3 is 2.48 bits per heavy atom. The van der Waals surface area contributed by atoms with E-state index >= 15 is 0 Å². The van der Waals surface area contributed by atoms with Crippen molar-refractivity contribution in [2.75, 3.05) is 7.11 Å². The summed E-state index contributed by atoms with van der Waals surface area (Å²) in [6, 6.07) is 11.0. The third kappa shape index (κ3) is 4.21. The van der Waals surface area contributed by atoms with Crippen LogP contribution < -0.4 is 9.47 Å². The number of ether oxygens (including phenoxy) is 3. The predicted octanol–water partition coefficient (Wildman–Crippen LogP) is 4.51. The number of para-hydroxylation sites is 1. The largest absolute Gasteiger partial charge is 0.493 e. The van der Waals surface area contributed by atoms with Gasteiger partial charge in [-0.2, -0.15) is 8.78 Å². The number of Topliss-reactive ketones (excluding diaryl/α,β-unsaturated/α-hetero) is 1. The maximum absolute atomic E-state index is 12.9. The van der Waals surface area contributed by atoms with Crippen molar-refractivity contribution in [3.63, 3.8) is 0 Å². The number of carbonyl (C=O) groups is 2. The zero-order chi connectivity index (χ0) is 21.1. The molecule has 0 spiro atoms. The van der Waals surface area contributed by atoms with Crippen LogP contribution in [-0.4, -0.2) is 36.6 Å². The molecule has 0 aliphatic heterocycles. The summed E-state index contributed by atoms with van der Waals surface area (Å²) in [6.07, 6.45) is -1.05. The highest BCUT2D eigenvalue weighted by Gasteiger charge is 2.25. The Kier molecular flexibility index (Phi) is 5.81. The second-order valence-corrected chi connectivity index (χ2v) is 6.33. The number of fused-ring (bicyclic) bond motifs is 1. The summed E-state index contributed by atoms with van der Waals surface area (Å²) in [5.74, 6) is -1.40. The molecule has 0 unspecified atom stereocenters. The Labute approximate surface area is 165 Å². The van der Waals surface area contributed by atoms with E-state index in [4.69, 9.17) is 9.47 Å². The Balaban J connectivity index is 1.79. The zero-order valence-corrected chi connectivity index (χ0v) is 16.0. The van der Waals surface area contributed by atoms with Gasteiger partial charge in [-0.05, 0) is 38.1 Å². The van der Waals surface area contributed by atoms with Crippen LogP contribution in [0.4, 0.5) is 8.78 Å². The molecule has 1 aromatic heterocycles. The van der Waals surface area contributed by atoms with Gasteiger partial charge in [-0.3, -0.25) is 4.79 Å². The molecule has 0 saturated carbocycles. The first-order chi connectivity index (χ1) is 13.8. The highest BCUT2D eigenvalue weighted by atomic mass is 19.3. The molecule has 3 aromatic rings. The lowest BCUT2D eigenvalue weighted by atomic mass is 10.0. The lowest BCUT2D eigenvalue weighted by molar-refractivity contribution is -0.0512. The van der Waals surface area contributed by atoms with Crippen LogP contribution in [0.15, 0.2) is 42.5 Å². The van der Waals surface area contributed by atoms with Gasteiger partial charge in [0.25, 0.3) is 0 Å². The normalized spacial score (nSPS) is 12.1. The van der Waals surface area contributed by atoms with Gasteiger partial charge in [-0.25, -0.2) is 4.79 Å². The van der Waals surface area contributed by atoms with Gasteiger partial charge in [-0.1, -0.05) is 18.2 Å². The molecule has 0 bridgehead atoms. The molecule has 0 aliphatic carbocycles.